The second-order valence-electron chi connectivity index (χ2n) is 8.45. The number of hydrogen-bond donors (Lipinski definition) is 2. The fourth-order valence-corrected chi connectivity index (χ4v) is 4.24. The minimum Gasteiger partial charge on any atom is -0.492 e. The van der Waals surface area contributed by atoms with Crippen LogP contribution >= 0.6 is 11.9 Å². The number of piperidine rings is 1. The third-order valence-electron chi connectivity index (χ3n) is 5.61. The molecule has 3 aromatic rings. The van der Waals surface area contributed by atoms with E-state index in [2.05, 4.69) is 38.6 Å². The molecule has 2 N–H and O–H groups in total. The van der Waals surface area contributed by atoms with Crippen LogP contribution in [0.25, 0.3) is 11.3 Å². The van der Waals surface area contributed by atoms with Crippen LogP contribution in [0.5, 0.6) is 5.75 Å². The molecule has 0 radical (unpaired) electrons. The molecule has 2 aromatic heterocycles. The Balaban J connectivity index is 1.23. The third-order valence-corrected chi connectivity index (χ3v) is 6.46. The van der Waals surface area contributed by atoms with E-state index in [4.69, 9.17) is 14.4 Å². The Bertz CT molecular complexity index is 986. The standard InChI is InChI=1S/C24H31N5O3S/c1-17(2)23-27-24(32-28-23)29-12-9-18(10-13-29)16-31-20-5-8-22(25-15-20)19-3-6-21(7-4-19)33-26-11-14-30/h3-8,15,17-18,26,30H,9-14,16H2,1-2H3. The second kappa shape index (κ2) is 11.5. The lowest BCUT2D eigenvalue weighted by Gasteiger charge is -2.30. The maximum absolute atomic E-state index is 8.84. The van der Waals surface area contributed by atoms with Gasteiger partial charge in [-0.05, 0) is 55.0 Å². The molecule has 33 heavy (non-hydrogen) atoms. The molecule has 8 nitrogen and oxygen atoms in total. The molecular weight excluding hydrogens is 438 g/mol. The van der Waals surface area contributed by atoms with Crippen LogP contribution in [0.15, 0.2) is 52.0 Å². The van der Waals surface area contributed by atoms with E-state index in [9.17, 15) is 0 Å². The van der Waals surface area contributed by atoms with Crippen LogP contribution in [0, 0.1) is 5.92 Å². The van der Waals surface area contributed by atoms with E-state index in [0.717, 1.165) is 53.7 Å². The van der Waals surface area contributed by atoms with E-state index in [1.165, 1.54) is 11.9 Å². The van der Waals surface area contributed by atoms with Crippen molar-refractivity contribution in [3.8, 4) is 17.0 Å². The molecule has 1 aliphatic heterocycles. The summed E-state index contributed by atoms with van der Waals surface area (Å²) in [6.07, 6.45) is 3.85. The summed E-state index contributed by atoms with van der Waals surface area (Å²) in [5.41, 5.74) is 1.97. The summed E-state index contributed by atoms with van der Waals surface area (Å²) in [5.74, 6) is 2.32. The summed E-state index contributed by atoms with van der Waals surface area (Å²) in [4.78, 5) is 12.3. The first-order chi connectivity index (χ1) is 16.1. The highest BCUT2D eigenvalue weighted by Gasteiger charge is 2.24. The van der Waals surface area contributed by atoms with Crippen molar-refractivity contribution in [3.63, 3.8) is 0 Å². The first kappa shape index (κ1) is 23.5. The van der Waals surface area contributed by atoms with Gasteiger partial charge in [0.2, 0.25) is 0 Å². The van der Waals surface area contributed by atoms with Gasteiger partial charge >= 0.3 is 6.01 Å². The predicted octanol–water partition coefficient (Wildman–Crippen LogP) is 4.14. The molecule has 3 heterocycles. The van der Waals surface area contributed by atoms with Gasteiger partial charge in [0.1, 0.15) is 5.75 Å². The lowest BCUT2D eigenvalue weighted by Crippen LogP contribution is -2.35. The fourth-order valence-electron chi connectivity index (χ4n) is 3.60. The molecule has 0 saturated carbocycles. The lowest BCUT2D eigenvalue weighted by molar-refractivity contribution is 0.219. The number of nitrogens with one attached hydrogen (secondary N) is 1. The molecule has 0 spiro atoms. The average molecular weight is 470 g/mol. The number of aliphatic hydroxyl groups is 1. The van der Waals surface area contributed by atoms with Gasteiger partial charge in [0.15, 0.2) is 5.82 Å². The number of rotatable bonds is 10. The van der Waals surface area contributed by atoms with Crippen molar-refractivity contribution in [2.75, 3.05) is 37.7 Å². The van der Waals surface area contributed by atoms with Gasteiger partial charge in [0, 0.05) is 36.0 Å². The van der Waals surface area contributed by atoms with Crippen LogP contribution < -0.4 is 14.4 Å². The molecule has 4 rings (SSSR count). The van der Waals surface area contributed by atoms with Crippen LogP contribution in [-0.4, -0.2) is 53.1 Å². The first-order valence-electron chi connectivity index (χ1n) is 11.4. The van der Waals surface area contributed by atoms with E-state index in [0.29, 0.717) is 25.1 Å². The average Bonchev–Trinajstić information content (AvgIpc) is 3.35. The largest absolute Gasteiger partial charge is 0.492 e. The number of nitrogens with zero attached hydrogens (tertiary/aromatic N) is 4. The topological polar surface area (TPSA) is 96.5 Å². The van der Waals surface area contributed by atoms with Gasteiger partial charge in [0.05, 0.1) is 25.1 Å². The van der Waals surface area contributed by atoms with E-state index in [1.807, 2.05) is 36.4 Å². The number of pyridine rings is 1. The minimum atomic E-state index is 0.127. The number of ether oxygens (including phenoxy) is 1. The number of hydrogen-bond acceptors (Lipinski definition) is 9. The molecule has 9 heteroatoms. The van der Waals surface area contributed by atoms with Crippen LogP contribution in [-0.2, 0) is 0 Å². The molecule has 1 aliphatic rings. The number of anilines is 1. The minimum absolute atomic E-state index is 0.127. The van der Waals surface area contributed by atoms with Gasteiger partial charge in [0.25, 0.3) is 0 Å². The smallest absolute Gasteiger partial charge is 0.324 e. The summed E-state index contributed by atoms with van der Waals surface area (Å²) >= 11 is 1.51. The maximum atomic E-state index is 8.84. The van der Waals surface area contributed by atoms with Gasteiger partial charge in [-0.15, -0.1) is 0 Å². The van der Waals surface area contributed by atoms with Crippen molar-refractivity contribution in [3.05, 3.63) is 48.4 Å². The van der Waals surface area contributed by atoms with Gasteiger partial charge < -0.3 is 19.3 Å². The molecule has 1 saturated heterocycles. The van der Waals surface area contributed by atoms with Gasteiger partial charge in [-0.25, -0.2) is 0 Å². The predicted molar refractivity (Wildman–Crippen MR) is 129 cm³/mol. The molecule has 0 bridgehead atoms. The SMILES string of the molecule is CC(C)c1noc(N2CCC(COc3ccc(-c4ccc(SNCCO)cc4)nc3)CC2)n1. The molecular formula is C24H31N5O3S. The number of aromatic nitrogens is 3. The Morgan fingerprint density at radius 2 is 1.97 bits per heavy atom. The van der Waals surface area contributed by atoms with E-state index < -0.39 is 0 Å². The Hall–Kier alpha value is -2.62. The Kier molecular flexibility index (Phi) is 8.20. The Labute approximate surface area is 198 Å². The lowest BCUT2D eigenvalue weighted by atomic mass is 9.98. The third kappa shape index (κ3) is 6.46. The maximum Gasteiger partial charge on any atom is 0.324 e. The Morgan fingerprint density at radius 3 is 2.61 bits per heavy atom. The summed E-state index contributed by atoms with van der Waals surface area (Å²) in [6.45, 7) is 7.30. The van der Waals surface area contributed by atoms with E-state index >= 15 is 0 Å². The summed E-state index contributed by atoms with van der Waals surface area (Å²) in [6, 6.07) is 12.8. The monoisotopic (exact) mass is 469 g/mol. The fraction of sp³-hybridized carbons (Fsp3) is 0.458. The van der Waals surface area contributed by atoms with E-state index in [1.54, 1.807) is 6.20 Å². The number of aliphatic hydroxyl groups excluding tert-OH is 1. The van der Waals surface area contributed by atoms with Crippen LogP contribution in [0.2, 0.25) is 0 Å². The molecule has 1 fully saturated rings. The highest BCUT2D eigenvalue weighted by atomic mass is 32.2. The second-order valence-corrected chi connectivity index (χ2v) is 9.42. The van der Waals surface area contributed by atoms with Crippen LogP contribution in [0.3, 0.4) is 0 Å². The molecule has 0 aliphatic carbocycles. The van der Waals surface area contributed by atoms with Crippen molar-refractivity contribution < 1.29 is 14.4 Å². The van der Waals surface area contributed by atoms with Crippen molar-refractivity contribution >= 4 is 18.0 Å². The summed E-state index contributed by atoms with van der Waals surface area (Å²) < 4.78 is 14.5. The molecule has 0 amide bonds. The van der Waals surface area contributed by atoms with Crippen molar-refractivity contribution in [1.82, 2.24) is 19.8 Å². The van der Waals surface area contributed by atoms with Crippen molar-refractivity contribution in [1.29, 1.82) is 0 Å². The summed E-state index contributed by atoms with van der Waals surface area (Å²) in [7, 11) is 0. The highest BCUT2D eigenvalue weighted by Crippen LogP contribution is 2.26. The quantitative estimate of drug-likeness (QED) is 0.335. The molecule has 1 aromatic carbocycles. The molecule has 176 valence electrons. The summed E-state index contributed by atoms with van der Waals surface area (Å²) in [5, 5.41) is 12.9. The first-order valence-corrected chi connectivity index (χ1v) is 12.2. The van der Waals surface area contributed by atoms with Gasteiger partial charge in [-0.1, -0.05) is 31.1 Å². The molecule has 0 atom stereocenters. The van der Waals surface area contributed by atoms with Crippen molar-refractivity contribution in [2.24, 2.45) is 5.92 Å². The van der Waals surface area contributed by atoms with Gasteiger partial charge in [-0.3, -0.25) is 9.71 Å². The zero-order valence-electron chi connectivity index (χ0n) is 19.1. The molecule has 0 unspecified atom stereocenters. The van der Waals surface area contributed by atoms with Crippen LogP contribution in [0.1, 0.15) is 38.4 Å². The normalized spacial score (nSPS) is 14.7. The van der Waals surface area contributed by atoms with Crippen molar-refractivity contribution in [2.45, 2.75) is 37.5 Å². The van der Waals surface area contributed by atoms with Gasteiger partial charge in [-0.2, -0.15) is 4.98 Å². The highest BCUT2D eigenvalue weighted by molar-refractivity contribution is 7.97. The zero-order chi connectivity index (χ0) is 23.0. The van der Waals surface area contributed by atoms with Crippen LogP contribution in [0.4, 0.5) is 6.01 Å². The van der Waals surface area contributed by atoms with E-state index in [-0.39, 0.29) is 12.5 Å². The number of benzene rings is 1. The zero-order valence-corrected chi connectivity index (χ0v) is 19.9. The Morgan fingerprint density at radius 1 is 1.18 bits per heavy atom.